The van der Waals surface area contributed by atoms with Crippen molar-refractivity contribution in [3.63, 3.8) is 0 Å². The number of nitrogens with zero attached hydrogens (tertiary/aromatic N) is 1. The van der Waals surface area contributed by atoms with E-state index in [9.17, 15) is 13.6 Å². The monoisotopic (exact) mass is 279 g/mol. The molecule has 82 valence electrons. The third-order valence-corrected chi connectivity index (χ3v) is 2.07. The van der Waals surface area contributed by atoms with Crippen molar-refractivity contribution in [1.82, 2.24) is 4.98 Å². The van der Waals surface area contributed by atoms with Gasteiger partial charge in [-0.15, -0.1) is 0 Å². The summed E-state index contributed by atoms with van der Waals surface area (Å²) in [5, 5.41) is 0. The molecular formula is C9H8BrF2NO2. The fourth-order valence-corrected chi connectivity index (χ4v) is 1.35. The van der Waals surface area contributed by atoms with E-state index >= 15 is 0 Å². The van der Waals surface area contributed by atoms with Crippen LogP contribution in [0.5, 0.6) is 0 Å². The lowest BCUT2D eigenvalue weighted by Crippen LogP contribution is -2.09. The van der Waals surface area contributed by atoms with Crippen LogP contribution in [0.4, 0.5) is 8.78 Å². The zero-order chi connectivity index (χ0) is 11.4. The minimum absolute atomic E-state index is 0.136. The van der Waals surface area contributed by atoms with Gasteiger partial charge in [0.2, 0.25) is 0 Å². The molecule has 0 atom stereocenters. The number of pyridine rings is 1. The van der Waals surface area contributed by atoms with Gasteiger partial charge >= 0.3 is 5.97 Å². The number of rotatable bonds is 3. The van der Waals surface area contributed by atoms with Crippen molar-refractivity contribution < 1.29 is 18.3 Å². The Balaban J connectivity index is 3.11. The minimum atomic E-state index is -2.73. The zero-order valence-corrected chi connectivity index (χ0v) is 9.42. The third kappa shape index (κ3) is 2.95. The Hall–Kier alpha value is -1.04. The number of ether oxygens (including phenoxy) is 1. The van der Waals surface area contributed by atoms with E-state index in [0.717, 1.165) is 12.3 Å². The van der Waals surface area contributed by atoms with Gasteiger partial charge in [0.15, 0.2) is 0 Å². The van der Waals surface area contributed by atoms with Crippen molar-refractivity contribution in [2.45, 2.75) is 13.3 Å². The summed E-state index contributed by atoms with van der Waals surface area (Å²) in [7, 11) is 0. The Morgan fingerprint density at radius 1 is 1.67 bits per heavy atom. The molecule has 6 heteroatoms. The summed E-state index contributed by atoms with van der Waals surface area (Å²) in [6.45, 7) is 1.74. The standard InChI is InChI=1S/C9H8BrF2NO2/c1-2-15-9(14)6-4-13-7(10)3-5(6)8(11)12/h3-4,8H,2H2,1H3. The van der Waals surface area contributed by atoms with E-state index in [1.54, 1.807) is 6.92 Å². The number of halogens is 3. The maximum absolute atomic E-state index is 12.6. The number of carbonyl (C=O) groups excluding carboxylic acids is 1. The molecule has 0 spiro atoms. The summed E-state index contributed by atoms with van der Waals surface area (Å²) < 4.78 is 30.0. The molecular weight excluding hydrogens is 272 g/mol. The summed E-state index contributed by atoms with van der Waals surface area (Å²) in [6.07, 6.45) is -1.66. The Morgan fingerprint density at radius 3 is 2.87 bits per heavy atom. The van der Waals surface area contributed by atoms with Gasteiger partial charge in [-0.25, -0.2) is 18.6 Å². The van der Waals surface area contributed by atoms with E-state index < -0.39 is 12.4 Å². The average Bonchev–Trinajstić information content (AvgIpc) is 2.17. The van der Waals surface area contributed by atoms with Crippen molar-refractivity contribution in [2.75, 3.05) is 6.61 Å². The number of aromatic nitrogens is 1. The summed E-state index contributed by atoms with van der Waals surface area (Å²) in [4.78, 5) is 15.0. The van der Waals surface area contributed by atoms with Crippen molar-refractivity contribution in [3.8, 4) is 0 Å². The van der Waals surface area contributed by atoms with Crippen LogP contribution in [0.2, 0.25) is 0 Å². The fraction of sp³-hybridized carbons (Fsp3) is 0.333. The van der Waals surface area contributed by atoms with Crippen LogP contribution in [0, 0.1) is 0 Å². The third-order valence-electron chi connectivity index (χ3n) is 1.63. The Bertz CT molecular complexity index is 371. The Kier molecular flexibility index (Phi) is 4.14. The van der Waals surface area contributed by atoms with Crippen LogP contribution in [0.15, 0.2) is 16.9 Å². The lowest BCUT2D eigenvalue weighted by Gasteiger charge is -2.07. The van der Waals surface area contributed by atoms with Gasteiger partial charge in [0.25, 0.3) is 6.43 Å². The molecule has 0 N–H and O–H groups in total. The molecule has 1 aromatic rings. The molecule has 0 aliphatic carbocycles. The van der Waals surface area contributed by atoms with Crippen molar-refractivity contribution in [3.05, 3.63) is 28.0 Å². The van der Waals surface area contributed by atoms with Gasteiger partial charge in [0.05, 0.1) is 12.2 Å². The van der Waals surface area contributed by atoms with Crippen LogP contribution >= 0.6 is 15.9 Å². The highest BCUT2D eigenvalue weighted by Gasteiger charge is 2.20. The highest BCUT2D eigenvalue weighted by molar-refractivity contribution is 9.10. The minimum Gasteiger partial charge on any atom is -0.462 e. The molecule has 1 heterocycles. The lowest BCUT2D eigenvalue weighted by atomic mass is 10.1. The first-order chi connectivity index (χ1) is 7.06. The molecule has 0 aromatic carbocycles. The van der Waals surface area contributed by atoms with E-state index in [2.05, 4.69) is 25.7 Å². The summed E-state index contributed by atoms with van der Waals surface area (Å²) in [5.74, 6) is -0.784. The maximum Gasteiger partial charge on any atom is 0.340 e. The van der Waals surface area contributed by atoms with E-state index in [-0.39, 0.29) is 22.3 Å². The van der Waals surface area contributed by atoms with Crippen molar-refractivity contribution >= 4 is 21.9 Å². The molecule has 0 fully saturated rings. The number of hydrogen-bond acceptors (Lipinski definition) is 3. The SMILES string of the molecule is CCOC(=O)c1cnc(Br)cc1C(F)F. The Labute approximate surface area is 93.6 Å². The number of carbonyl (C=O) groups is 1. The lowest BCUT2D eigenvalue weighted by molar-refractivity contribution is 0.0515. The van der Waals surface area contributed by atoms with Gasteiger partial charge in [-0.05, 0) is 28.9 Å². The van der Waals surface area contributed by atoms with E-state index in [4.69, 9.17) is 0 Å². The molecule has 0 saturated carbocycles. The maximum atomic E-state index is 12.6. The number of alkyl halides is 2. The molecule has 0 aliphatic rings. The molecule has 0 saturated heterocycles. The van der Waals surface area contributed by atoms with Gasteiger partial charge < -0.3 is 4.74 Å². The average molecular weight is 280 g/mol. The molecule has 0 bridgehead atoms. The summed E-state index contributed by atoms with van der Waals surface area (Å²) >= 11 is 2.96. The largest absolute Gasteiger partial charge is 0.462 e. The van der Waals surface area contributed by atoms with Crippen LogP contribution in [0.3, 0.4) is 0 Å². The second kappa shape index (κ2) is 5.16. The fourth-order valence-electron chi connectivity index (χ4n) is 1.00. The van der Waals surface area contributed by atoms with Crippen LogP contribution in [-0.4, -0.2) is 17.6 Å². The smallest absolute Gasteiger partial charge is 0.340 e. The van der Waals surface area contributed by atoms with Gasteiger partial charge in [0.1, 0.15) is 4.60 Å². The first kappa shape index (κ1) is 12.0. The van der Waals surface area contributed by atoms with Crippen LogP contribution in [0.1, 0.15) is 29.3 Å². The van der Waals surface area contributed by atoms with Gasteiger partial charge in [0, 0.05) is 11.8 Å². The van der Waals surface area contributed by atoms with Gasteiger partial charge in [-0.2, -0.15) is 0 Å². The second-order valence-electron chi connectivity index (χ2n) is 2.62. The topological polar surface area (TPSA) is 39.2 Å². The van der Waals surface area contributed by atoms with Crippen LogP contribution in [0.25, 0.3) is 0 Å². The zero-order valence-electron chi connectivity index (χ0n) is 7.84. The van der Waals surface area contributed by atoms with Crippen molar-refractivity contribution in [1.29, 1.82) is 0 Å². The molecule has 0 radical (unpaired) electrons. The molecule has 1 rings (SSSR count). The molecule has 3 nitrogen and oxygen atoms in total. The normalized spacial score (nSPS) is 10.5. The van der Waals surface area contributed by atoms with Crippen molar-refractivity contribution in [2.24, 2.45) is 0 Å². The first-order valence-corrected chi connectivity index (χ1v) is 4.96. The van der Waals surface area contributed by atoms with E-state index in [0.29, 0.717) is 0 Å². The van der Waals surface area contributed by atoms with E-state index in [1.165, 1.54) is 0 Å². The Morgan fingerprint density at radius 2 is 2.33 bits per heavy atom. The second-order valence-corrected chi connectivity index (χ2v) is 3.43. The number of esters is 1. The summed E-state index contributed by atoms with van der Waals surface area (Å²) in [5.41, 5.74) is -0.578. The van der Waals surface area contributed by atoms with Gasteiger partial charge in [-0.3, -0.25) is 0 Å². The molecule has 1 aromatic heterocycles. The predicted molar refractivity (Wildman–Crippen MR) is 52.9 cm³/mol. The highest BCUT2D eigenvalue weighted by Crippen LogP contribution is 2.25. The predicted octanol–water partition coefficient (Wildman–Crippen LogP) is 2.96. The highest BCUT2D eigenvalue weighted by atomic mass is 79.9. The summed E-state index contributed by atoms with van der Waals surface area (Å²) in [6, 6.07) is 1.11. The van der Waals surface area contributed by atoms with Crippen LogP contribution in [-0.2, 0) is 4.74 Å². The van der Waals surface area contributed by atoms with Crippen LogP contribution < -0.4 is 0 Å². The molecule has 15 heavy (non-hydrogen) atoms. The van der Waals surface area contributed by atoms with E-state index in [1.807, 2.05) is 0 Å². The quantitative estimate of drug-likeness (QED) is 0.631. The number of hydrogen-bond donors (Lipinski definition) is 0. The van der Waals surface area contributed by atoms with Gasteiger partial charge in [-0.1, -0.05) is 0 Å². The molecule has 0 amide bonds. The first-order valence-electron chi connectivity index (χ1n) is 4.17. The molecule has 0 unspecified atom stereocenters. The molecule has 0 aliphatic heterocycles.